The lowest BCUT2D eigenvalue weighted by Crippen LogP contribution is -2.26. The first-order valence-electron chi connectivity index (χ1n) is 4.42. The first-order chi connectivity index (χ1) is 4.70. The monoisotopic (exact) mass is 142 g/mol. The van der Waals surface area contributed by atoms with E-state index in [2.05, 4.69) is 13.8 Å². The Morgan fingerprint density at radius 3 is 2.10 bits per heavy atom. The van der Waals surface area contributed by atoms with Crippen LogP contribution in [0.3, 0.4) is 0 Å². The normalized spacial score (nSPS) is 19.5. The SMILES string of the molecule is CCC(O)(CC)CC1CC1. The van der Waals surface area contributed by atoms with Gasteiger partial charge in [-0.15, -0.1) is 0 Å². The average Bonchev–Trinajstić information content (AvgIpc) is 2.72. The summed E-state index contributed by atoms with van der Waals surface area (Å²) < 4.78 is 0. The molecule has 0 aromatic carbocycles. The highest BCUT2D eigenvalue weighted by molar-refractivity contribution is 4.84. The number of rotatable bonds is 4. The molecule has 0 aliphatic heterocycles. The molecule has 0 heterocycles. The zero-order chi connectivity index (χ0) is 7.61. The van der Waals surface area contributed by atoms with Crippen molar-refractivity contribution in [2.75, 3.05) is 0 Å². The largest absolute Gasteiger partial charge is 0.390 e. The van der Waals surface area contributed by atoms with Gasteiger partial charge in [0.2, 0.25) is 0 Å². The summed E-state index contributed by atoms with van der Waals surface area (Å²) in [5.74, 6) is 0.852. The van der Waals surface area contributed by atoms with Crippen molar-refractivity contribution in [1.29, 1.82) is 0 Å². The summed E-state index contributed by atoms with van der Waals surface area (Å²) in [7, 11) is 0. The van der Waals surface area contributed by atoms with Crippen LogP contribution < -0.4 is 0 Å². The van der Waals surface area contributed by atoms with Gasteiger partial charge in [-0.2, -0.15) is 0 Å². The highest BCUT2D eigenvalue weighted by Gasteiger charge is 2.32. The van der Waals surface area contributed by atoms with Gasteiger partial charge in [0, 0.05) is 0 Å². The Balaban J connectivity index is 2.29. The third-order valence-corrected chi connectivity index (χ3v) is 2.68. The Morgan fingerprint density at radius 1 is 1.30 bits per heavy atom. The van der Waals surface area contributed by atoms with Crippen molar-refractivity contribution >= 4 is 0 Å². The number of hydrogen-bond donors (Lipinski definition) is 1. The third kappa shape index (κ3) is 1.98. The van der Waals surface area contributed by atoms with E-state index in [4.69, 9.17) is 0 Å². The van der Waals surface area contributed by atoms with Crippen LogP contribution >= 0.6 is 0 Å². The van der Waals surface area contributed by atoms with E-state index in [1.807, 2.05) is 0 Å². The topological polar surface area (TPSA) is 20.2 Å². The molecule has 0 bridgehead atoms. The molecule has 1 saturated carbocycles. The Labute approximate surface area is 63.4 Å². The lowest BCUT2D eigenvalue weighted by molar-refractivity contribution is 0.0183. The molecule has 0 saturated heterocycles. The van der Waals surface area contributed by atoms with Gasteiger partial charge < -0.3 is 5.11 Å². The summed E-state index contributed by atoms with van der Waals surface area (Å²) in [6.45, 7) is 4.15. The summed E-state index contributed by atoms with van der Waals surface area (Å²) >= 11 is 0. The molecule has 0 radical (unpaired) electrons. The second-order valence-electron chi connectivity index (χ2n) is 3.58. The molecule has 0 spiro atoms. The van der Waals surface area contributed by atoms with Gasteiger partial charge in [-0.1, -0.05) is 26.7 Å². The number of hydrogen-bond acceptors (Lipinski definition) is 1. The summed E-state index contributed by atoms with van der Waals surface area (Å²) in [6, 6.07) is 0. The smallest absolute Gasteiger partial charge is 0.0645 e. The zero-order valence-corrected chi connectivity index (χ0v) is 7.06. The average molecular weight is 142 g/mol. The maximum absolute atomic E-state index is 9.84. The number of aliphatic hydroxyl groups is 1. The first-order valence-corrected chi connectivity index (χ1v) is 4.42. The van der Waals surface area contributed by atoms with Gasteiger partial charge >= 0.3 is 0 Å². The zero-order valence-electron chi connectivity index (χ0n) is 7.06. The summed E-state index contributed by atoms with van der Waals surface area (Å²) in [5, 5.41) is 9.84. The molecule has 1 aliphatic carbocycles. The fourth-order valence-corrected chi connectivity index (χ4v) is 1.40. The molecule has 0 unspecified atom stereocenters. The molecule has 10 heavy (non-hydrogen) atoms. The third-order valence-electron chi connectivity index (χ3n) is 2.68. The second kappa shape index (κ2) is 2.91. The maximum atomic E-state index is 9.84. The molecule has 60 valence electrons. The first kappa shape index (κ1) is 8.06. The lowest BCUT2D eigenvalue weighted by Gasteiger charge is -2.24. The lowest BCUT2D eigenvalue weighted by atomic mass is 9.91. The van der Waals surface area contributed by atoms with Crippen LogP contribution in [0, 0.1) is 5.92 Å². The van der Waals surface area contributed by atoms with E-state index in [0.717, 1.165) is 25.2 Å². The predicted molar refractivity (Wildman–Crippen MR) is 42.9 cm³/mol. The van der Waals surface area contributed by atoms with Crippen LogP contribution in [0.25, 0.3) is 0 Å². The molecule has 0 amide bonds. The second-order valence-corrected chi connectivity index (χ2v) is 3.58. The Bertz CT molecular complexity index is 101. The van der Waals surface area contributed by atoms with Crippen molar-refractivity contribution in [1.82, 2.24) is 0 Å². The minimum absolute atomic E-state index is 0.332. The van der Waals surface area contributed by atoms with Crippen molar-refractivity contribution < 1.29 is 5.11 Å². The molecule has 0 aromatic rings. The van der Waals surface area contributed by atoms with E-state index in [1.165, 1.54) is 12.8 Å². The van der Waals surface area contributed by atoms with Crippen molar-refractivity contribution in [3.05, 3.63) is 0 Å². The van der Waals surface area contributed by atoms with Gasteiger partial charge in [-0.25, -0.2) is 0 Å². The van der Waals surface area contributed by atoms with Gasteiger partial charge in [-0.05, 0) is 25.2 Å². The molecule has 1 nitrogen and oxygen atoms in total. The van der Waals surface area contributed by atoms with Crippen LogP contribution in [-0.2, 0) is 0 Å². The standard InChI is InChI=1S/C9H18O/c1-3-9(10,4-2)7-8-5-6-8/h8,10H,3-7H2,1-2H3. The van der Waals surface area contributed by atoms with Crippen molar-refractivity contribution in [2.24, 2.45) is 5.92 Å². The fourth-order valence-electron chi connectivity index (χ4n) is 1.40. The van der Waals surface area contributed by atoms with Gasteiger partial charge in [0.25, 0.3) is 0 Å². The van der Waals surface area contributed by atoms with E-state index >= 15 is 0 Å². The molecule has 1 N–H and O–H groups in total. The molecule has 1 rings (SSSR count). The summed E-state index contributed by atoms with van der Waals surface area (Å²) in [5.41, 5.74) is -0.332. The van der Waals surface area contributed by atoms with Crippen LogP contribution in [0.2, 0.25) is 0 Å². The molecular weight excluding hydrogens is 124 g/mol. The van der Waals surface area contributed by atoms with Crippen molar-refractivity contribution in [3.8, 4) is 0 Å². The fraction of sp³-hybridized carbons (Fsp3) is 1.00. The van der Waals surface area contributed by atoms with Crippen LogP contribution in [0.5, 0.6) is 0 Å². The van der Waals surface area contributed by atoms with Crippen LogP contribution in [0.15, 0.2) is 0 Å². The van der Waals surface area contributed by atoms with Gasteiger partial charge in [0.05, 0.1) is 5.60 Å². The van der Waals surface area contributed by atoms with E-state index in [1.54, 1.807) is 0 Å². The predicted octanol–water partition coefficient (Wildman–Crippen LogP) is 2.34. The molecular formula is C9H18O. The van der Waals surface area contributed by atoms with E-state index in [-0.39, 0.29) is 5.60 Å². The van der Waals surface area contributed by atoms with Gasteiger partial charge in [0.15, 0.2) is 0 Å². The summed E-state index contributed by atoms with van der Waals surface area (Å²) in [4.78, 5) is 0. The Hall–Kier alpha value is -0.0400. The van der Waals surface area contributed by atoms with Crippen molar-refractivity contribution in [2.45, 2.75) is 51.6 Å². The van der Waals surface area contributed by atoms with E-state index in [0.29, 0.717) is 0 Å². The van der Waals surface area contributed by atoms with E-state index in [9.17, 15) is 5.11 Å². The van der Waals surface area contributed by atoms with Crippen LogP contribution in [0.1, 0.15) is 46.0 Å². The van der Waals surface area contributed by atoms with Crippen LogP contribution in [0.4, 0.5) is 0 Å². The van der Waals surface area contributed by atoms with Gasteiger partial charge in [0.1, 0.15) is 0 Å². The molecule has 1 fully saturated rings. The molecule has 1 heteroatoms. The van der Waals surface area contributed by atoms with E-state index < -0.39 is 0 Å². The maximum Gasteiger partial charge on any atom is 0.0645 e. The minimum atomic E-state index is -0.332. The Kier molecular flexibility index (Phi) is 2.35. The summed E-state index contributed by atoms with van der Waals surface area (Å²) in [6.07, 6.45) is 5.57. The quantitative estimate of drug-likeness (QED) is 0.638. The Morgan fingerprint density at radius 2 is 1.80 bits per heavy atom. The van der Waals surface area contributed by atoms with Crippen LogP contribution in [-0.4, -0.2) is 10.7 Å². The molecule has 0 atom stereocenters. The highest BCUT2D eigenvalue weighted by Crippen LogP contribution is 2.38. The van der Waals surface area contributed by atoms with Gasteiger partial charge in [-0.3, -0.25) is 0 Å². The molecule has 1 aliphatic rings. The van der Waals surface area contributed by atoms with Crippen molar-refractivity contribution in [3.63, 3.8) is 0 Å². The highest BCUT2D eigenvalue weighted by atomic mass is 16.3. The minimum Gasteiger partial charge on any atom is -0.390 e. The molecule has 0 aromatic heterocycles.